The lowest BCUT2D eigenvalue weighted by molar-refractivity contribution is -0.665. The van der Waals surface area contributed by atoms with Gasteiger partial charge in [-0.3, -0.25) is 0 Å². The van der Waals surface area contributed by atoms with E-state index >= 15 is 0 Å². The Hall–Kier alpha value is -1.46. The summed E-state index contributed by atoms with van der Waals surface area (Å²) < 4.78 is 3.60. The Morgan fingerprint density at radius 3 is 2.55 bits per heavy atom. The van der Waals surface area contributed by atoms with Crippen LogP contribution in [0, 0.1) is 0 Å². The first-order valence-electron chi connectivity index (χ1n) is 9.83. The molecule has 0 N–H and O–H groups in total. The average Bonchev–Trinajstić information content (AvgIpc) is 3.23. The SMILES string of the molecule is CCC(=Cc1sc2ccc(Cl)cc2[n+]1CC)C=C1Sc2ccc(Cl)cc2N1CC. The second-order valence-electron chi connectivity index (χ2n) is 6.81. The van der Waals surface area contributed by atoms with Crippen LogP contribution in [0.2, 0.25) is 10.0 Å². The number of allylic oxidation sites excluding steroid dienone is 2. The molecular weight excluding hydrogens is 439 g/mol. The lowest BCUT2D eigenvalue weighted by atomic mass is 10.2. The van der Waals surface area contributed by atoms with Crippen LogP contribution < -0.4 is 9.47 Å². The van der Waals surface area contributed by atoms with E-state index in [2.05, 4.69) is 66.7 Å². The van der Waals surface area contributed by atoms with Gasteiger partial charge in [0.15, 0.2) is 0 Å². The zero-order valence-electron chi connectivity index (χ0n) is 16.7. The van der Waals surface area contributed by atoms with Crippen LogP contribution in [-0.2, 0) is 6.54 Å². The molecule has 0 aliphatic carbocycles. The van der Waals surface area contributed by atoms with Crippen molar-refractivity contribution in [1.29, 1.82) is 0 Å². The normalized spacial score (nSPS) is 15.6. The standard InChI is InChI=1S/C23H23Cl2N2S2/c1-4-15(11-22-26(5-2)18-13-16(24)7-9-20(18)28-22)12-23-27(6-3)19-14-17(25)8-10-21(19)29-23/h7-14H,4-6H2,1-3H3/q+1. The summed E-state index contributed by atoms with van der Waals surface area (Å²) in [5.41, 5.74) is 3.71. The van der Waals surface area contributed by atoms with Crippen molar-refractivity contribution in [2.24, 2.45) is 0 Å². The van der Waals surface area contributed by atoms with Gasteiger partial charge in [-0.05, 0) is 62.2 Å². The molecular formula is C23H23Cl2N2S2+. The molecule has 1 aliphatic rings. The molecule has 2 nitrogen and oxygen atoms in total. The second-order valence-corrected chi connectivity index (χ2v) is 9.81. The van der Waals surface area contributed by atoms with Crippen molar-refractivity contribution in [3.8, 4) is 0 Å². The minimum absolute atomic E-state index is 0.781. The van der Waals surface area contributed by atoms with Gasteiger partial charge in [-0.1, -0.05) is 53.2 Å². The molecule has 2 aromatic carbocycles. The van der Waals surface area contributed by atoms with E-state index < -0.39 is 0 Å². The maximum absolute atomic E-state index is 6.24. The minimum atomic E-state index is 0.781. The summed E-state index contributed by atoms with van der Waals surface area (Å²) >= 11 is 16.1. The first-order chi connectivity index (χ1) is 14.0. The van der Waals surface area contributed by atoms with Gasteiger partial charge in [-0.2, -0.15) is 4.57 Å². The highest BCUT2D eigenvalue weighted by atomic mass is 35.5. The molecule has 0 amide bonds. The molecule has 0 radical (unpaired) electrons. The van der Waals surface area contributed by atoms with Gasteiger partial charge < -0.3 is 4.90 Å². The molecule has 2 heterocycles. The van der Waals surface area contributed by atoms with Crippen molar-refractivity contribution in [2.45, 2.75) is 38.6 Å². The maximum atomic E-state index is 6.24. The first-order valence-corrected chi connectivity index (χ1v) is 12.2. The van der Waals surface area contributed by atoms with E-state index in [1.807, 2.05) is 35.2 Å². The molecule has 29 heavy (non-hydrogen) atoms. The van der Waals surface area contributed by atoms with E-state index in [0.717, 1.165) is 29.6 Å². The van der Waals surface area contributed by atoms with Crippen LogP contribution in [0.25, 0.3) is 16.3 Å². The van der Waals surface area contributed by atoms with Crippen molar-refractivity contribution in [2.75, 3.05) is 11.4 Å². The van der Waals surface area contributed by atoms with Gasteiger partial charge in [0.25, 0.3) is 5.01 Å². The van der Waals surface area contributed by atoms with Gasteiger partial charge in [0.05, 0.1) is 10.7 Å². The fraction of sp³-hybridized carbons (Fsp3) is 0.261. The molecule has 6 heteroatoms. The van der Waals surface area contributed by atoms with E-state index in [1.165, 1.54) is 36.4 Å². The van der Waals surface area contributed by atoms with Crippen molar-refractivity contribution in [3.05, 3.63) is 68.1 Å². The number of aromatic nitrogens is 1. The highest BCUT2D eigenvalue weighted by Gasteiger charge is 2.24. The topological polar surface area (TPSA) is 7.12 Å². The van der Waals surface area contributed by atoms with Gasteiger partial charge in [0.2, 0.25) is 5.52 Å². The fourth-order valence-electron chi connectivity index (χ4n) is 3.58. The summed E-state index contributed by atoms with van der Waals surface area (Å²) in [5.74, 6) is 0. The number of thioether (sulfide) groups is 1. The van der Waals surface area contributed by atoms with Gasteiger partial charge in [-0.15, -0.1) is 0 Å². The fourth-order valence-corrected chi connectivity index (χ4v) is 6.28. The predicted octanol–water partition coefficient (Wildman–Crippen LogP) is 7.78. The Morgan fingerprint density at radius 2 is 1.83 bits per heavy atom. The molecule has 4 rings (SSSR count). The van der Waals surface area contributed by atoms with Crippen molar-refractivity contribution in [3.63, 3.8) is 0 Å². The van der Waals surface area contributed by atoms with E-state index in [9.17, 15) is 0 Å². The summed E-state index contributed by atoms with van der Waals surface area (Å²) in [7, 11) is 0. The molecule has 3 aromatic rings. The molecule has 0 spiro atoms. The van der Waals surface area contributed by atoms with Crippen molar-refractivity contribution in [1.82, 2.24) is 0 Å². The molecule has 0 fully saturated rings. The van der Waals surface area contributed by atoms with Crippen LogP contribution in [0.15, 0.2) is 58.0 Å². The van der Waals surface area contributed by atoms with Crippen LogP contribution in [-0.4, -0.2) is 6.54 Å². The quantitative estimate of drug-likeness (QED) is 0.358. The van der Waals surface area contributed by atoms with Crippen LogP contribution in [0.4, 0.5) is 5.69 Å². The molecule has 1 aliphatic heterocycles. The zero-order valence-corrected chi connectivity index (χ0v) is 19.9. The number of benzene rings is 2. The molecule has 150 valence electrons. The predicted molar refractivity (Wildman–Crippen MR) is 129 cm³/mol. The van der Waals surface area contributed by atoms with Crippen molar-refractivity contribution < 1.29 is 4.57 Å². The van der Waals surface area contributed by atoms with Gasteiger partial charge in [0, 0.05) is 33.6 Å². The van der Waals surface area contributed by atoms with E-state index in [4.69, 9.17) is 23.2 Å². The Balaban J connectivity index is 1.75. The number of anilines is 1. The lowest BCUT2D eigenvalue weighted by Crippen LogP contribution is -2.33. The molecule has 0 unspecified atom stereocenters. The monoisotopic (exact) mass is 461 g/mol. The summed E-state index contributed by atoms with van der Waals surface area (Å²) in [6.45, 7) is 8.41. The molecule has 0 saturated carbocycles. The molecule has 0 saturated heterocycles. The summed E-state index contributed by atoms with van der Waals surface area (Å²) in [5, 5.41) is 4.07. The highest BCUT2D eigenvalue weighted by molar-refractivity contribution is 8.03. The number of nitrogens with zero attached hydrogens (tertiary/aromatic N) is 2. The van der Waals surface area contributed by atoms with Crippen LogP contribution >= 0.6 is 46.3 Å². The molecule has 0 bridgehead atoms. The second kappa shape index (κ2) is 8.73. The first kappa shape index (κ1) is 20.8. The summed E-state index contributed by atoms with van der Waals surface area (Å²) in [6, 6.07) is 12.3. The Kier molecular flexibility index (Phi) is 6.26. The van der Waals surface area contributed by atoms with E-state index in [1.54, 1.807) is 0 Å². The molecule has 0 atom stereocenters. The summed E-state index contributed by atoms with van der Waals surface area (Å²) in [4.78, 5) is 3.60. The number of fused-ring (bicyclic) bond motifs is 2. The number of halogens is 2. The van der Waals surface area contributed by atoms with Gasteiger partial charge in [-0.25, -0.2) is 0 Å². The molecule has 1 aromatic heterocycles. The van der Waals surface area contributed by atoms with E-state index in [0.29, 0.717) is 0 Å². The zero-order chi connectivity index (χ0) is 20.5. The number of rotatable bonds is 5. The van der Waals surface area contributed by atoms with Crippen molar-refractivity contribution >= 4 is 68.3 Å². The number of thiazole rings is 1. The average molecular weight is 462 g/mol. The Bertz CT molecular complexity index is 1130. The van der Waals surface area contributed by atoms with Crippen LogP contribution in [0.1, 0.15) is 32.2 Å². The Morgan fingerprint density at radius 1 is 1.07 bits per heavy atom. The van der Waals surface area contributed by atoms with E-state index in [-0.39, 0.29) is 0 Å². The third kappa shape index (κ3) is 4.09. The third-order valence-electron chi connectivity index (χ3n) is 5.04. The highest BCUT2D eigenvalue weighted by Crippen LogP contribution is 2.47. The lowest BCUT2D eigenvalue weighted by Gasteiger charge is -2.18. The number of hydrogen-bond donors (Lipinski definition) is 0. The summed E-state index contributed by atoms with van der Waals surface area (Å²) in [6.07, 6.45) is 5.61. The largest absolute Gasteiger partial charge is 0.335 e. The van der Waals surface area contributed by atoms with Gasteiger partial charge >= 0.3 is 0 Å². The van der Waals surface area contributed by atoms with Gasteiger partial charge in [0.1, 0.15) is 11.2 Å². The third-order valence-corrected chi connectivity index (χ3v) is 7.74. The minimum Gasteiger partial charge on any atom is -0.335 e. The number of hydrogen-bond acceptors (Lipinski definition) is 3. The smallest absolute Gasteiger partial charge is 0.263 e. The van der Waals surface area contributed by atoms with Crippen LogP contribution in [0.3, 0.4) is 0 Å². The Labute approximate surface area is 190 Å². The maximum Gasteiger partial charge on any atom is 0.263 e. The number of aryl methyl sites for hydroxylation is 1. The van der Waals surface area contributed by atoms with Crippen LogP contribution in [0.5, 0.6) is 0 Å².